The van der Waals surface area contributed by atoms with Crippen LogP contribution in [-0.2, 0) is 0 Å². The average molecular weight is 404 g/mol. The van der Waals surface area contributed by atoms with Gasteiger partial charge < -0.3 is 9.15 Å². The van der Waals surface area contributed by atoms with Crippen molar-refractivity contribution in [2.45, 2.75) is 0 Å². The molecule has 0 fully saturated rings. The molecule has 5 rings (SSSR count). The summed E-state index contributed by atoms with van der Waals surface area (Å²) in [6, 6.07) is 33.2. The Morgan fingerprint density at radius 3 is 2.06 bits per heavy atom. The summed E-state index contributed by atoms with van der Waals surface area (Å²) in [7, 11) is 1.62. The SMILES string of the molecule is COc1ccc(-c2ccccc2)cc1-c1cc(=O)c2cccc(-c3ccccc3)c2o1. The highest BCUT2D eigenvalue weighted by Gasteiger charge is 2.15. The number of rotatable bonds is 4. The molecule has 0 amide bonds. The predicted molar refractivity (Wildman–Crippen MR) is 125 cm³/mol. The third kappa shape index (κ3) is 3.51. The second-order valence-electron chi connectivity index (χ2n) is 7.30. The van der Waals surface area contributed by atoms with Gasteiger partial charge >= 0.3 is 0 Å². The molecule has 0 aliphatic carbocycles. The van der Waals surface area contributed by atoms with Crippen molar-refractivity contribution in [2.75, 3.05) is 7.11 Å². The molecule has 0 N–H and O–H groups in total. The molecule has 3 nitrogen and oxygen atoms in total. The molecular weight excluding hydrogens is 384 g/mol. The fourth-order valence-corrected chi connectivity index (χ4v) is 3.87. The van der Waals surface area contributed by atoms with E-state index in [9.17, 15) is 4.79 Å². The van der Waals surface area contributed by atoms with Gasteiger partial charge in [-0.25, -0.2) is 0 Å². The molecule has 4 aromatic carbocycles. The number of fused-ring (bicyclic) bond motifs is 1. The van der Waals surface area contributed by atoms with E-state index in [0.717, 1.165) is 27.8 Å². The third-order valence-corrected chi connectivity index (χ3v) is 5.41. The van der Waals surface area contributed by atoms with Crippen molar-refractivity contribution in [2.24, 2.45) is 0 Å². The summed E-state index contributed by atoms with van der Waals surface area (Å²) in [5.74, 6) is 1.13. The van der Waals surface area contributed by atoms with E-state index in [1.807, 2.05) is 78.9 Å². The lowest BCUT2D eigenvalue weighted by molar-refractivity contribution is 0.415. The Kier molecular flexibility index (Phi) is 4.85. The first-order valence-electron chi connectivity index (χ1n) is 10.1. The van der Waals surface area contributed by atoms with E-state index in [-0.39, 0.29) is 5.43 Å². The first-order valence-corrected chi connectivity index (χ1v) is 10.1. The predicted octanol–water partition coefficient (Wildman–Crippen LogP) is 6.80. The molecule has 0 saturated heterocycles. The van der Waals surface area contributed by atoms with Crippen molar-refractivity contribution in [1.29, 1.82) is 0 Å². The zero-order valence-electron chi connectivity index (χ0n) is 17.0. The van der Waals surface area contributed by atoms with Crippen molar-refractivity contribution in [1.82, 2.24) is 0 Å². The van der Waals surface area contributed by atoms with Crippen molar-refractivity contribution < 1.29 is 9.15 Å². The summed E-state index contributed by atoms with van der Waals surface area (Å²) in [6.07, 6.45) is 0. The maximum atomic E-state index is 13.0. The van der Waals surface area contributed by atoms with Gasteiger partial charge in [-0.05, 0) is 34.9 Å². The molecule has 3 heteroatoms. The van der Waals surface area contributed by atoms with Crippen LogP contribution < -0.4 is 10.2 Å². The Morgan fingerprint density at radius 1 is 0.645 bits per heavy atom. The minimum atomic E-state index is -0.0822. The smallest absolute Gasteiger partial charge is 0.193 e. The van der Waals surface area contributed by atoms with Crippen molar-refractivity contribution >= 4 is 11.0 Å². The van der Waals surface area contributed by atoms with Crippen LogP contribution in [0.25, 0.3) is 44.5 Å². The van der Waals surface area contributed by atoms with Crippen LogP contribution in [0.5, 0.6) is 5.75 Å². The van der Waals surface area contributed by atoms with Gasteiger partial charge in [0.2, 0.25) is 0 Å². The molecule has 0 aliphatic heterocycles. The maximum Gasteiger partial charge on any atom is 0.193 e. The molecule has 0 bridgehead atoms. The lowest BCUT2D eigenvalue weighted by Gasteiger charge is -2.12. The average Bonchev–Trinajstić information content (AvgIpc) is 2.84. The van der Waals surface area contributed by atoms with Crippen LogP contribution in [0.3, 0.4) is 0 Å². The van der Waals surface area contributed by atoms with Crippen LogP contribution in [-0.4, -0.2) is 7.11 Å². The van der Waals surface area contributed by atoms with Crippen LogP contribution in [0.2, 0.25) is 0 Å². The second-order valence-corrected chi connectivity index (χ2v) is 7.30. The van der Waals surface area contributed by atoms with E-state index >= 15 is 0 Å². The van der Waals surface area contributed by atoms with Gasteiger partial charge in [0.15, 0.2) is 5.43 Å². The summed E-state index contributed by atoms with van der Waals surface area (Å²) in [5, 5.41) is 0.559. The van der Waals surface area contributed by atoms with Gasteiger partial charge in [0, 0.05) is 11.6 Å². The highest BCUT2D eigenvalue weighted by atomic mass is 16.5. The standard InChI is InChI=1S/C28H20O3/c1-30-26-16-15-21(19-9-4-2-5-10-19)17-24(26)27-18-25(29)23-14-8-13-22(28(23)31-27)20-11-6-3-7-12-20/h2-18H,1H3. The van der Waals surface area contributed by atoms with E-state index in [1.54, 1.807) is 19.2 Å². The largest absolute Gasteiger partial charge is 0.496 e. The molecule has 1 aromatic heterocycles. The number of ether oxygens (including phenoxy) is 1. The topological polar surface area (TPSA) is 39.4 Å². The molecule has 150 valence electrons. The summed E-state index contributed by atoms with van der Waals surface area (Å²) in [4.78, 5) is 13.0. The molecule has 0 aliphatic rings. The van der Waals surface area contributed by atoms with Gasteiger partial charge in [-0.1, -0.05) is 78.9 Å². The Morgan fingerprint density at radius 2 is 1.35 bits per heavy atom. The van der Waals surface area contributed by atoms with E-state index in [1.165, 1.54) is 0 Å². The highest BCUT2D eigenvalue weighted by molar-refractivity contribution is 5.93. The Labute approximate surface area is 180 Å². The second kappa shape index (κ2) is 7.96. The van der Waals surface area contributed by atoms with Crippen LogP contribution in [0.4, 0.5) is 0 Å². The molecule has 31 heavy (non-hydrogen) atoms. The molecule has 5 aromatic rings. The lowest BCUT2D eigenvalue weighted by Crippen LogP contribution is -2.02. The van der Waals surface area contributed by atoms with Crippen LogP contribution in [0.1, 0.15) is 0 Å². The maximum absolute atomic E-state index is 13.0. The van der Waals surface area contributed by atoms with Crippen LogP contribution >= 0.6 is 0 Å². The van der Waals surface area contributed by atoms with E-state index in [0.29, 0.717) is 22.5 Å². The lowest BCUT2D eigenvalue weighted by atomic mass is 10.00. The van der Waals surface area contributed by atoms with Gasteiger partial charge in [0.05, 0.1) is 18.1 Å². The molecule has 0 unspecified atom stereocenters. The van der Waals surface area contributed by atoms with Crippen molar-refractivity contribution in [3.05, 3.63) is 113 Å². The minimum absolute atomic E-state index is 0.0822. The molecule has 0 radical (unpaired) electrons. The molecule has 1 heterocycles. The van der Waals surface area contributed by atoms with E-state index in [2.05, 4.69) is 12.1 Å². The fraction of sp³-hybridized carbons (Fsp3) is 0.0357. The molecule has 0 spiro atoms. The minimum Gasteiger partial charge on any atom is -0.496 e. The number of hydrogen-bond acceptors (Lipinski definition) is 3. The van der Waals surface area contributed by atoms with Crippen molar-refractivity contribution in [3.63, 3.8) is 0 Å². The summed E-state index contributed by atoms with van der Waals surface area (Å²) in [6.45, 7) is 0. The quantitative estimate of drug-likeness (QED) is 0.331. The van der Waals surface area contributed by atoms with Gasteiger partial charge in [0.25, 0.3) is 0 Å². The summed E-state index contributed by atoms with van der Waals surface area (Å²) in [5.41, 5.74) is 5.22. The number of benzene rings is 4. The number of hydrogen-bond donors (Lipinski definition) is 0. The van der Waals surface area contributed by atoms with Crippen LogP contribution in [0.15, 0.2) is 112 Å². The van der Waals surface area contributed by atoms with Crippen molar-refractivity contribution in [3.8, 4) is 39.3 Å². The Hall–Kier alpha value is -4.11. The Balaban J connectivity index is 1.75. The molecule has 0 saturated carbocycles. The number of methoxy groups -OCH3 is 1. The Bertz CT molecular complexity index is 1420. The van der Waals surface area contributed by atoms with Gasteiger partial charge in [0.1, 0.15) is 17.1 Å². The van der Waals surface area contributed by atoms with E-state index in [4.69, 9.17) is 9.15 Å². The zero-order valence-corrected chi connectivity index (χ0v) is 17.0. The molecule has 0 atom stereocenters. The first-order chi connectivity index (χ1) is 15.2. The fourth-order valence-electron chi connectivity index (χ4n) is 3.87. The number of para-hydroxylation sites is 1. The highest BCUT2D eigenvalue weighted by Crippen LogP contribution is 2.36. The summed E-state index contributed by atoms with van der Waals surface area (Å²) >= 11 is 0. The van der Waals surface area contributed by atoms with Gasteiger partial charge in [-0.3, -0.25) is 4.79 Å². The first kappa shape index (κ1) is 18.9. The van der Waals surface area contributed by atoms with Gasteiger partial charge in [-0.2, -0.15) is 0 Å². The third-order valence-electron chi connectivity index (χ3n) is 5.41. The van der Waals surface area contributed by atoms with Crippen LogP contribution in [0, 0.1) is 0 Å². The molecular formula is C28H20O3. The summed E-state index contributed by atoms with van der Waals surface area (Å²) < 4.78 is 12.0. The van der Waals surface area contributed by atoms with E-state index < -0.39 is 0 Å². The van der Waals surface area contributed by atoms with Gasteiger partial charge in [-0.15, -0.1) is 0 Å². The normalized spacial score (nSPS) is 10.9. The monoisotopic (exact) mass is 404 g/mol. The zero-order chi connectivity index (χ0) is 21.2.